The smallest absolute Gasteiger partial charge is 0.248 e. The molecule has 0 aromatic rings. The van der Waals surface area contributed by atoms with Crippen molar-refractivity contribution in [2.75, 3.05) is 6.54 Å². The van der Waals surface area contributed by atoms with Gasteiger partial charge >= 0.3 is 0 Å². The van der Waals surface area contributed by atoms with Gasteiger partial charge in [-0.1, -0.05) is 19.8 Å². The largest absolute Gasteiger partial charge is 0.314 e. The van der Waals surface area contributed by atoms with E-state index in [1.807, 2.05) is 0 Å². The number of halogens is 2. The molecule has 3 atom stereocenters. The predicted molar refractivity (Wildman–Crippen MR) is 70.9 cm³/mol. The van der Waals surface area contributed by atoms with Gasteiger partial charge in [0.05, 0.1) is 0 Å². The molecule has 2 rings (SSSR count). The topological polar surface area (TPSA) is 12.0 Å². The first kappa shape index (κ1) is 14.2. The fourth-order valence-corrected chi connectivity index (χ4v) is 3.82. The number of hydrogen-bond acceptors (Lipinski definition) is 1. The SMILES string of the molecule is CCCNC1CCCC1CC1CCCC(F)(F)C1. The quantitative estimate of drug-likeness (QED) is 0.773. The van der Waals surface area contributed by atoms with Crippen LogP contribution in [0.15, 0.2) is 0 Å². The Bertz CT molecular complexity index is 255. The molecule has 0 radical (unpaired) electrons. The first-order valence-corrected chi connectivity index (χ1v) is 7.72. The molecule has 3 heteroatoms. The second-order valence-corrected chi connectivity index (χ2v) is 6.31. The molecule has 1 N–H and O–H groups in total. The molecule has 106 valence electrons. The molecule has 1 nitrogen and oxygen atoms in total. The van der Waals surface area contributed by atoms with Gasteiger partial charge in [-0.3, -0.25) is 0 Å². The van der Waals surface area contributed by atoms with E-state index in [0.717, 1.165) is 32.2 Å². The minimum Gasteiger partial charge on any atom is -0.314 e. The van der Waals surface area contributed by atoms with E-state index in [4.69, 9.17) is 0 Å². The average Bonchev–Trinajstić information content (AvgIpc) is 2.72. The van der Waals surface area contributed by atoms with Gasteiger partial charge in [0.25, 0.3) is 0 Å². The average molecular weight is 259 g/mol. The number of hydrogen-bond donors (Lipinski definition) is 1. The van der Waals surface area contributed by atoms with Crippen molar-refractivity contribution in [2.24, 2.45) is 11.8 Å². The van der Waals surface area contributed by atoms with Crippen molar-refractivity contribution >= 4 is 0 Å². The highest BCUT2D eigenvalue weighted by atomic mass is 19.3. The van der Waals surface area contributed by atoms with Crippen molar-refractivity contribution in [3.05, 3.63) is 0 Å². The summed E-state index contributed by atoms with van der Waals surface area (Å²) in [6.07, 6.45) is 7.94. The van der Waals surface area contributed by atoms with Crippen LogP contribution in [-0.4, -0.2) is 18.5 Å². The van der Waals surface area contributed by atoms with E-state index in [0.29, 0.717) is 12.0 Å². The number of rotatable bonds is 5. The van der Waals surface area contributed by atoms with E-state index in [9.17, 15) is 8.78 Å². The van der Waals surface area contributed by atoms with Crippen LogP contribution in [0, 0.1) is 11.8 Å². The maximum absolute atomic E-state index is 13.4. The second-order valence-electron chi connectivity index (χ2n) is 6.31. The van der Waals surface area contributed by atoms with E-state index in [1.165, 1.54) is 19.3 Å². The summed E-state index contributed by atoms with van der Waals surface area (Å²) in [7, 11) is 0. The van der Waals surface area contributed by atoms with Crippen molar-refractivity contribution in [1.82, 2.24) is 5.32 Å². The van der Waals surface area contributed by atoms with Crippen molar-refractivity contribution in [2.45, 2.75) is 76.7 Å². The zero-order chi connectivity index (χ0) is 13.0. The molecule has 3 unspecified atom stereocenters. The van der Waals surface area contributed by atoms with Crippen LogP contribution in [-0.2, 0) is 0 Å². The molecule has 2 aliphatic carbocycles. The molecule has 0 aromatic carbocycles. The number of alkyl halides is 2. The minimum absolute atomic E-state index is 0.117. The highest BCUT2D eigenvalue weighted by Gasteiger charge is 2.38. The lowest BCUT2D eigenvalue weighted by molar-refractivity contribution is -0.0560. The highest BCUT2D eigenvalue weighted by molar-refractivity contribution is 4.87. The van der Waals surface area contributed by atoms with Crippen LogP contribution in [0.3, 0.4) is 0 Å². The summed E-state index contributed by atoms with van der Waals surface area (Å²) < 4.78 is 26.8. The third-order valence-electron chi connectivity index (χ3n) is 4.69. The minimum atomic E-state index is -2.38. The van der Waals surface area contributed by atoms with Crippen LogP contribution in [0.5, 0.6) is 0 Å². The summed E-state index contributed by atoms with van der Waals surface area (Å²) in [5.74, 6) is -1.47. The molecule has 18 heavy (non-hydrogen) atoms. The molecule has 2 aliphatic rings. The molecule has 0 saturated heterocycles. The van der Waals surface area contributed by atoms with Crippen LogP contribution in [0.4, 0.5) is 8.78 Å². The van der Waals surface area contributed by atoms with Gasteiger partial charge in [0.2, 0.25) is 5.92 Å². The van der Waals surface area contributed by atoms with Gasteiger partial charge in [0, 0.05) is 18.9 Å². The fourth-order valence-electron chi connectivity index (χ4n) is 3.82. The summed E-state index contributed by atoms with van der Waals surface area (Å²) in [4.78, 5) is 0. The van der Waals surface area contributed by atoms with Crippen molar-refractivity contribution in [3.8, 4) is 0 Å². The summed E-state index contributed by atoms with van der Waals surface area (Å²) in [5.41, 5.74) is 0. The zero-order valence-corrected chi connectivity index (χ0v) is 11.6. The molecule has 0 amide bonds. The van der Waals surface area contributed by atoms with Gasteiger partial charge in [-0.2, -0.15) is 0 Å². The predicted octanol–water partition coefficient (Wildman–Crippen LogP) is 4.37. The molecule has 0 aliphatic heterocycles. The molecular weight excluding hydrogens is 232 g/mol. The molecule has 0 aromatic heterocycles. The lowest BCUT2D eigenvalue weighted by Crippen LogP contribution is -2.35. The van der Waals surface area contributed by atoms with Crippen molar-refractivity contribution < 1.29 is 8.78 Å². The second kappa shape index (κ2) is 6.31. The standard InChI is InChI=1S/C15H27F2N/c1-2-9-18-14-7-3-6-13(14)10-12-5-4-8-15(16,17)11-12/h12-14,18H,2-11H2,1H3. The highest BCUT2D eigenvalue weighted by Crippen LogP contribution is 2.41. The van der Waals surface area contributed by atoms with E-state index in [1.54, 1.807) is 0 Å². The Hall–Kier alpha value is -0.180. The van der Waals surface area contributed by atoms with E-state index >= 15 is 0 Å². The molecule has 0 heterocycles. The lowest BCUT2D eigenvalue weighted by Gasteiger charge is -2.32. The monoisotopic (exact) mass is 259 g/mol. The van der Waals surface area contributed by atoms with E-state index in [-0.39, 0.29) is 18.8 Å². The Morgan fingerprint density at radius 3 is 2.72 bits per heavy atom. The van der Waals surface area contributed by atoms with Gasteiger partial charge in [-0.15, -0.1) is 0 Å². The van der Waals surface area contributed by atoms with Crippen molar-refractivity contribution in [3.63, 3.8) is 0 Å². The van der Waals surface area contributed by atoms with Gasteiger partial charge in [-0.25, -0.2) is 8.78 Å². The third kappa shape index (κ3) is 3.91. The summed E-state index contributed by atoms with van der Waals surface area (Å²) in [5, 5.41) is 3.60. The Morgan fingerprint density at radius 2 is 2.00 bits per heavy atom. The molecular formula is C15H27F2N. The lowest BCUT2D eigenvalue weighted by atomic mass is 9.79. The van der Waals surface area contributed by atoms with Crippen LogP contribution in [0.25, 0.3) is 0 Å². The summed E-state index contributed by atoms with van der Waals surface area (Å²) >= 11 is 0. The van der Waals surface area contributed by atoms with E-state index < -0.39 is 5.92 Å². The van der Waals surface area contributed by atoms with Gasteiger partial charge < -0.3 is 5.32 Å². The van der Waals surface area contributed by atoms with Gasteiger partial charge in [-0.05, 0) is 50.5 Å². The maximum Gasteiger partial charge on any atom is 0.248 e. The fraction of sp³-hybridized carbons (Fsp3) is 1.00. The third-order valence-corrected chi connectivity index (χ3v) is 4.69. The zero-order valence-electron chi connectivity index (χ0n) is 11.6. The normalized spacial score (nSPS) is 35.8. The number of nitrogens with one attached hydrogen (secondary N) is 1. The molecule has 0 bridgehead atoms. The Labute approximate surface area is 110 Å². The Morgan fingerprint density at radius 1 is 1.17 bits per heavy atom. The molecule has 2 saturated carbocycles. The van der Waals surface area contributed by atoms with Crippen LogP contribution in [0.2, 0.25) is 0 Å². The summed E-state index contributed by atoms with van der Waals surface area (Å²) in [6.45, 7) is 3.25. The van der Waals surface area contributed by atoms with Crippen molar-refractivity contribution in [1.29, 1.82) is 0 Å². The molecule has 2 fully saturated rings. The first-order chi connectivity index (χ1) is 8.61. The van der Waals surface area contributed by atoms with Gasteiger partial charge in [0.15, 0.2) is 0 Å². The summed E-state index contributed by atoms with van der Waals surface area (Å²) in [6, 6.07) is 0.598. The van der Waals surface area contributed by atoms with Crippen LogP contribution >= 0.6 is 0 Å². The van der Waals surface area contributed by atoms with E-state index in [2.05, 4.69) is 12.2 Å². The first-order valence-electron chi connectivity index (χ1n) is 7.72. The van der Waals surface area contributed by atoms with Gasteiger partial charge in [0.1, 0.15) is 0 Å². The Balaban J connectivity index is 1.80. The van der Waals surface area contributed by atoms with Crippen LogP contribution < -0.4 is 5.32 Å². The molecule has 0 spiro atoms. The van der Waals surface area contributed by atoms with Crippen LogP contribution in [0.1, 0.15) is 64.7 Å². The maximum atomic E-state index is 13.4. The Kier molecular flexibility index (Phi) is 4.99.